The fourth-order valence-corrected chi connectivity index (χ4v) is 4.23. The number of carbonyl (C=O) groups is 2. The molecular weight excluding hydrogens is 435 g/mol. The van der Waals surface area contributed by atoms with Crippen molar-refractivity contribution < 1.29 is 9.59 Å². The molecule has 1 saturated carbocycles. The Kier molecular flexibility index (Phi) is 9.91. The molecule has 181 valence electrons. The summed E-state index contributed by atoms with van der Waals surface area (Å²) in [5, 5.41) is 12.6. The van der Waals surface area contributed by atoms with E-state index in [4.69, 9.17) is 22.8 Å². The Balaban J connectivity index is 0.000000287. The fourth-order valence-electron chi connectivity index (χ4n) is 4.23. The average molecular weight is 469 g/mol. The van der Waals surface area contributed by atoms with Crippen molar-refractivity contribution in [2.24, 2.45) is 5.73 Å². The number of nitrogens with two attached hydrogens (primary N) is 1. The zero-order valence-electron chi connectivity index (χ0n) is 20.3. The summed E-state index contributed by atoms with van der Waals surface area (Å²) in [5.74, 6) is 0. The third-order valence-electron chi connectivity index (χ3n) is 6.37. The molecule has 1 heterocycles. The second kappa shape index (κ2) is 13.1. The molecule has 0 amide bonds. The summed E-state index contributed by atoms with van der Waals surface area (Å²) in [6, 6.07) is 24.1. The van der Waals surface area contributed by atoms with Crippen LogP contribution in [0.2, 0.25) is 0 Å². The number of fused-ring (bicyclic) bond motifs is 1. The molecule has 1 radical (unpaired) electrons. The summed E-state index contributed by atoms with van der Waals surface area (Å²) in [4.78, 5) is 17.6. The van der Waals surface area contributed by atoms with Crippen LogP contribution in [0, 0.1) is 0 Å². The summed E-state index contributed by atoms with van der Waals surface area (Å²) >= 11 is 0. The normalized spacial score (nSPS) is 16.9. The van der Waals surface area contributed by atoms with Gasteiger partial charge in [0.15, 0.2) is 12.6 Å². The molecule has 0 bridgehead atoms. The van der Waals surface area contributed by atoms with Gasteiger partial charge in [0.25, 0.3) is 0 Å². The Morgan fingerprint density at radius 1 is 1.06 bits per heavy atom. The maximum atomic E-state index is 8.81. The van der Waals surface area contributed by atoms with Gasteiger partial charge in [-0.1, -0.05) is 0 Å². The van der Waals surface area contributed by atoms with E-state index in [2.05, 4.69) is 76.6 Å². The number of nitrogens with one attached hydrogen (secondary N) is 3. The van der Waals surface area contributed by atoms with Gasteiger partial charge < -0.3 is 11.1 Å². The van der Waals surface area contributed by atoms with E-state index in [1.54, 1.807) is 0 Å². The third kappa shape index (κ3) is 6.95. The van der Waals surface area contributed by atoms with Crippen molar-refractivity contribution in [1.82, 2.24) is 16.0 Å². The molecule has 6 nitrogen and oxygen atoms in total. The second-order valence-corrected chi connectivity index (χ2v) is 8.78. The average Bonchev–Trinajstić information content (AvgIpc) is 3.64. The molecule has 0 aromatic heterocycles. The van der Waals surface area contributed by atoms with E-state index in [0.717, 1.165) is 37.1 Å². The Hall–Kier alpha value is -3.13. The first-order valence-corrected chi connectivity index (χ1v) is 12.0. The topological polar surface area (TPSA) is 96.2 Å². The Morgan fingerprint density at radius 3 is 2.29 bits per heavy atom. The molecule has 5 rings (SSSR count). The SMILES string of the molecule is NCC1CCN1.O=CC=O.[B]=C(NC1(c2cccc3ccccc23)CC1)c1ccccc1CNC. The number of rotatable bonds is 8. The summed E-state index contributed by atoms with van der Waals surface area (Å²) < 4.78 is 0. The van der Waals surface area contributed by atoms with Crippen LogP contribution in [0.4, 0.5) is 0 Å². The molecule has 0 spiro atoms. The van der Waals surface area contributed by atoms with E-state index in [0.29, 0.717) is 6.04 Å². The molecule has 2 fully saturated rings. The van der Waals surface area contributed by atoms with Gasteiger partial charge in [-0.15, -0.1) is 0 Å². The second-order valence-electron chi connectivity index (χ2n) is 8.78. The van der Waals surface area contributed by atoms with Gasteiger partial charge in [0.05, 0.1) is 0 Å². The molecule has 1 saturated heterocycles. The van der Waals surface area contributed by atoms with Crippen LogP contribution in [-0.2, 0) is 21.7 Å². The number of hydrogen-bond acceptors (Lipinski definition) is 6. The quantitative estimate of drug-likeness (QED) is 0.230. The van der Waals surface area contributed by atoms with Crippen molar-refractivity contribution in [1.29, 1.82) is 0 Å². The van der Waals surface area contributed by atoms with Crippen LogP contribution in [0.15, 0.2) is 66.7 Å². The van der Waals surface area contributed by atoms with Gasteiger partial charge in [-0.3, -0.25) is 9.59 Å². The monoisotopic (exact) mass is 469 g/mol. The molecule has 35 heavy (non-hydrogen) atoms. The Labute approximate surface area is 208 Å². The number of carbonyl (C=O) groups excluding carboxylic acids is 2. The first-order chi connectivity index (χ1) is 17.1. The van der Waals surface area contributed by atoms with Crippen LogP contribution < -0.4 is 21.7 Å². The van der Waals surface area contributed by atoms with Crippen LogP contribution >= 0.6 is 0 Å². The van der Waals surface area contributed by atoms with E-state index in [1.165, 1.54) is 34.9 Å². The zero-order valence-corrected chi connectivity index (χ0v) is 20.3. The molecule has 1 unspecified atom stereocenters. The van der Waals surface area contributed by atoms with E-state index in [9.17, 15) is 0 Å². The van der Waals surface area contributed by atoms with Crippen molar-refractivity contribution >= 4 is 36.4 Å². The van der Waals surface area contributed by atoms with Crippen LogP contribution in [0.5, 0.6) is 0 Å². The van der Waals surface area contributed by atoms with Gasteiger partial charge in [-0.2, -0.15) is 0 Å². The third-order valence-corrected chi connectivity index (χ3v) is 6.37. The van der Waals surface area contributed by atoms with E-state index in [-0.39, 0.29) is 18.1 Å². The first kappa shape index (κ1) is 26.5. The summed E-state index contributed by atoms with van der Waals surface area (Å²) in [6.07, 6.45) is 3.88. The molecule has 2 aliphatic rings. The summed E-state index contributed by atoms with van der Waals surface area (Å²) in [6.45, 7) is 2.78. The molecule has 3 aromatic carbocycles. The van der Waals surface area contributed by atoms with Crippen molar-refractivity contribution in [3.63, 3.8) is 0 Å². The molecular formula is C28H34BN4O2. The van der Waals surface area contributed by atoms with Crippen LogP contribution in [0.25, 0.3) is 10.8 Å². The van der Waals surface area contributed by atoms with Crippen LogP contribution in [0.3, 0.4) is 0 Å². The summed E-state index contributed by atoms with van der Waals surface area (Å²) in [7, 11) is 8.47. The van der Waals surface area contributed by atoms with Crippen molar-refractivity contribution in [3.05, 3.63) is 83.4 Å². The van der Waals surface area contributed by atoms with Crippen LogP contribution in [0.1, 0.15) is 36.0 Å². The molecule has 1 atom stereocenters. The van der Waals surface area contributed by atoms with E-state index in [1.807, 2.05) is 13.1 Å². The van der Waals surface area contributed by atoms with Gasteiger partial charge in [0.2, 0.25) is 0 Å². The predicted molar refractivity (Wildman–Crippen MR) is 145 cm³/mol. The van der Waals surface area contributed by atoms with Crippen molar-refractivity contribution in [2.45, 2.75) is 37.4 Å². The first-order valence-electron chi connectivity index (χ1n) is 12.0. The van der Waals surface area contributed by atoms with Crippen molar-refractivity contribution in [2.75, 3.05) is 20.1 Å². The Bertz CT molecular complexity index is 1130. The number of benzene rings is 3. The van der Waals surface area contributed by atoms with Gasteiger partial charge >= 0.3 is 150 Å². The minimum absolute atomic E-state index is 0.0439. The van der Waals surface area contributed by atoms with E-state index >= 15 is 0 Å². The molecule has 1 aliphatic heterocycles. The fraction of sp³-hybridized carbons (Fsp3) is 0.321. The van der Waals surface area contributed by atoms with E-state index < -0.39 is 0 Å². The molecule has 1 aliphatic carbocycles. The molecule has 5 N–H and O–H groups in total. The van der Waals surface area contributed by atoms with Crippen molar-refractivity contribution in [3.8, 4) is 0 Å². The number of hydrogen-bond donors (Lipinski definition) is 4. The molecule has 7 heteroatoms. The van der Waals surface area contributed by atoms with Gasteiger partial charge in [0.1, 0.15) is 0 Å². The maximum absolute atomic E-state index is 8.81. The summed E-state index contributed by atoms with van der Waals surface area (Å²) in [5.41, 5.74) is 9.63. The molecule has 3 aromatic rings. The minimum atomic E-state index is -0.0439. The van der Waals surface area contributed by atoms with Gasteiger partial charge in [-0.05, 0) is 13.0 Å². The van der Waals surface area contributed by atoms with Crippen LogP contribution in [-0.4, -0.2) is 51.8 Å². The zero-order chi connectivity index (χ0) is 25.1. The predicted octanol–water partition coefficient (Wildman–Crippen LogP) is 2.18. The van der Waals surface area contributed by atoms with Gasteiger partial charge in [0, 0.05) is 12.6 Å². The standard InChI is InChI=1S/C22H22BN2.C4H10N2.C2H2O2/c1-24-15-17-8-3-5-11-19(17)21(23)25-22(13-14-22)20-12-6-9-16-7-2-4-10-18(16)20;5-3-4-1-2-6-4;3-1-2-4/h2-12,24-25H,13-15H2,1H3;4,6H,1-3,5H2;1-2H. The Morgan fingerprint density at radius 2 is 1.71 bits per heavy atom. The number of aldehydes is 2. The van der Waals surface area contributed by atoms with Gasteiger partial charge in [-0.25, -0.2) is 0 Å².